The zero-order valence-corrected chi connectivity index (χ0v) is 15.9. The fourth-order valence-electron chi connectivity index (χ4n) is 2.31. The molecule has 4 heteroatoms. The van der Waals surface area contributed by atoms with Crippen LogP contribution in [0.4, 0.5) is 0 Å². The summed E-state index contributed by atoms with van der Waals surface area (Å²) >= 11 is 4.98. The maximum absolute atomic E-state index is 12.6. The molecule has 2 aromatic rings. The van der Waals surface area contributed by atoms with Crippen molar-refractivity contribution in [3.8, 4) is 0 Å². The molecule has 1 unspecified atom stereocenters. The summed E-state index contributed by atoms with van der Waals surface area (Å²) in [6.45, 7) is 8.50. The molecule has 1 atom stereocenters. The molecule has 0 aliphatic heterocycles. The smallest absolute Gasteiger partial charge is 0.175 e. The van der Waals surface area contributed by atoms with E-state index in [1.165, 1.54) is 16.9 Å². The number of hydrogen-bond donors (Lipinski definition) is 0. The van der Waals surface area contributed by atoms with Gasteiger partial charge in [0.15, 0.2) is 5.78 Å². The summed E-state index contributed by atoms with van der Waals surface area (Å²) in [5.74, 6) is 0.462. The second-order valence-corrected chi connectivity index (χ2v) is 8.51. The molecular formula is C18H22BrNOS. The molecule has 0 N–H and O–H groups in total. The van der Waals surface area contributed by atoms with Gasteiger partial charge in [-0.1, -0.05) is 55.8 Å². The summed E-state index contributed by atoms with van der Waals surface area (Å²) in [5, 5.41) is 1.02. The molecule has 0 fully saturated rings. The number of aromatic nitrogens is 1. The summed E-state index contributed by atoms with van der Waals surface area (Å²) in [7, 11) is 0. The minimum Gasteiger partial charge on any atom is -0.293 e. The average Bonchev–Trinajstić information content (AvgIpc) is 2.95. The van der Waals surface area contributed by atoms with Crippen LogP contribution >= 0.6 is 27.3 Å². The molecule has 1 aromatic carbocycles. The largest absolute Gasteiger partial charge is 0.293 e. The highest BCUT2D eigenvalue weighted by Crippen LogP contribution is 2.30. The van der Waals surface area contributed by atoms with Crippen LogP contribution in [0.1, 0.15) is 66.7 Å². The molecule has 22 heavy (non-hydrogen) atoms. The molecule has 0 spiro atoms. The van der Waals surface area contributed by atoms with Crippen molar-refractivity contribution in [3.63, 3.8) is 0 Å². The van der Waals surface area contributed by atoms with Crippen molar-refractivity contribution in [1.82, 2.24) is 4.98 Å². The Morgan fingerprint density at radius 2 is 1.91 bits per heavy atom. The summed E-state index contributed by atoms with van der Waals surface area (Å²) in [6.07, 6.45) is 3.24. The highest BCUT2D eigenvalue weighted by molar-refractivity contribution is 9.10. The molecule has 0 amide bonds. The Morgan fingerprint density at radius 1 is 1.27 bits per heavy atom. The van der Waals surface area contributed by atoms with Crippen molar-refractivity contribution < 1.29 is 4.79 Å². The zero-order chi connectivity index (χ0) is 16.3. The molecule has 1 aromatic heterocycles. The monoisotopic (exact) mass is 379 g/mol. The lowest BCUT2D eigenvalue weighted by molar-refractivity contribution is 0.0976. The molecule has 1 heterocycles. The Hall–Kier alpha value is -1.00. The number of thiazole rings is 1. The summed E-state index contributed by atoms with van der Waals surface area (Å²) in [6, 6.07) is 8.26. The normalized spacial score (nSPS) is 13.1. The summed E-state index contributed by atoms with van der Waals surface area (Å²) in [5.41, 5.74) is 1.22. The van der Waals surface area contributed by atoms with Crippen LogP contribution in [0.3, 0.4) is 0 Å². The number of carbonyl (C=O) groups excluding carboxylic acids is 1. The molecule has 0 aliphatic carbocycles. The van der Waals surface area contributed by atoms with Crippen LogP contribution in [-0.4, -0.2) is 10.8 Å². The lowest BCUT2D eigenvalue weighted by atomic mass is 9.91. The third-order valence-electron chi connectivity index (χ3n) is 3.69. The van der Waals surface area contributed by atoms with Gasteiger partial charge in [0.1, 0.15) is 0 Å². The molecule has 0 aliphatic rings. The van der Waals surface area contributed by atoms with E-state index >= 15 is 0 Å². The van der Waals surface area contributed by atoms with Gasteiger partial charge in [-0.25, -0.2) is 4.98 Å². The lowest BCUT2D eigenvalue weighted by Crippen LogP contribution is -2.09. The van der Waals surface area contributed by atoms with Gasteiger partial charge >= 0.3 is 0 Å². The van der Waals surface area contributed by atoms with Gasteiger partial charge in [-0.15, -0.1) is 11.3 Å². The van der Waals surface area contributed by atoms with Crippen LogP contribution in [-0.2, 0) is 5.41 Å². The summed E-state index contributed by atoms with van der Waals surface area (Å²) in [4.78, 5) is 17.8. The van der Waals surface area contributed by atoms with Gasteiger partial charge in [0, 0.05) is 22.5 Å². The van der Waals surface area contributed by atoms with E-state index in [-0.39, 0.29) is 17.1 Å². The molecule has 118 valence electrons. The SMILES string of the molecule is CCC(CC(=O)c1cnc(C(C)(C)C)s1)c1ccc(Br)cc1. The van der Waals surface area contributed by atoms with Gasteiger partial charge in [0.05, 0.1) is 9.88 Å². The predicted octanol–water partition coefficient (Wildman–Crippen LogP) is 5.97. The average molecular weight is 380 g/mol. The third-order valence-corrected chi connectivity index (χ3v) is 5.68. The summed E-state index contributed by atoms with van der Waals surface area (Å²) < 4.78 is 1.06. The van der Waals surface area contributed by atoms with Gasteiger partial charge in [-0.3, -0.25) is 4.79 Å². The van der Waals surface area contributed by atoms with E-state index in [1.54, 1.807) is 6.20 Å². The number of halogens is 1. The Balaban J connectivity index is 2.12. The molecule has 0 saturated carbocycles. The highest BCUT2D eigenvalue weighted by atomic mass is 79.9. The fourth-order valence-corrected chi connectivity index (χ4v) is 3.49. The fraction of sp³-hybridized carbons (Fsp3) is 0.444. The number of hydrogen-bond acceptors (Lipinski definition) is 3. The first-order valence-electron chi connectivity index (χ1n) is 7.56. The number of carbonyl (C=O) groups is 1. The van der Waals surface area contributed by atoms with Crippen LogP contribution in [0.5, 0.6) is 0 Å². The van der Waals surface area contributed by atoms with Crippen LogP contribution in [0, 0.1) is 0 Å². The number of rotatable bonds is 5. The first-order valence-corrected chi connectivity index (χ1v) is 9.17. The molecule has 0 bridgehead atoms. The van der Waals surface area contributed by atoms with E-state index in [1.807, 2.05) is 12.1 Å². The Kier molecular flexibility index (Phi) is 5.56. The molecular weight excluding hydrogens is 358 g/mol. The van der Waals surface area contributed by atoms with Gasteiger partial charge in [0.2, 0.25) is 0 Å². The van der Waals surface area contributed by atoms with Crippen molar-refractivity contribution in [3.05, 3.63) is 50.4 Å². The van der Waals surface area contributed by atoms with Crippen LogP contribution in [0.25, 0.3) is 0 Å². The van der Waals surface area contributed by atoms with E-state index in [0.29, 0.717) is 6.42 Å². The van der Waals surface area contributed by atoms with Crippen molar-refractivity contribution >= 4 is 33.0 Å². The van der Waals surface area contributed by atoms with E-state index in [0.717, 1.165) is 20.8 Å². The van der Waals surface area contributed by atoms with Crippen LogP contribution < -0.4 is 0 Å². The minimum atomic E-state index is -0.000931. The van der Waals surface area contributed by atoms with Crippen molar-refractivity contribution in [1.29, 1.82) is 0 Å². The van der Waals surface area contributed by atoms with E-state index < -0.39 is 0 Å². The molecule has 0 saturated heterocycles. The zero-order valence-electron chi connectivity index (χ0n) is 13.5. The maximum atomic E-state index is 12.6. The number of nitrogens with zero attached hydrogens (tertiary/aromatic N) is 1. The lowest BCUT2D eigenvalue weighted by Gasteiger charge is -2.14. The van der Waals surface area contributed by atoms with Crippen molar-refractivity contribution in [2.24, 2.45) is 0 Å². The van der Waals surface area contributed by atoms with E-state index in [2.05, 4.69) is 60.7 Å². The second-order valence-electron chi connectivity index (χ2n) is 6.56. The van der Waals surface area contributed by atoms with Gasteiger partial charge in [-0.05, 0) is 30.0 Å². The van der Waals surface area contributed by atoms with Crippen LogP contribution in [0.15, 0.2) is 34.9 Å². The topological polar surface area (TPSA) is 30.0 Å². The van der Waals surface area contributed by atoms with Gasteiger partial charge in [-0.2, -0.15) is 0 Å². The molecule has 2 nitrogen and oxygen atoms in total. The number of ketones is 1. The van der Waals surface area contributed by atoms with E-state index in [9.17, 15) is 4.79 Å². The minimum absolute atomic E-state index is 0.000931. The predicted molar refractivity (Wildman–Crippen MR) is 96.9 cm³/mol. The van der Waals surface area contributed by atoms with Crippen molar-refractivity contribution in [2.45, 2.75) is 51.9 Å². The second kappa shape index (κ2) is 7.05. The highest BCUT2D eigenvalue weighted by Gasteiger charge is 2.22. The number of Topliss-reactive ketones (excluding diaryl/α,β-unsaturated/α-hetero) is 1. The van der Waals surface area contributed by atoms with Crippen molar-refractivity contribution in [2.75, 3.05) is 0 Å². The number of benzene rings is 1. The Morgan fingerprint density at radius 3 is 2.41 bits per heavy atom. The maximum Gasteiger partial charge on any atom is 0.175 e. The molecule has 0 radical (unpaired) electrons. The van der Waals surface area contributed by atoms with E-state index in [4.69, 9.17) is 0 Å². The first kappa shape index (κ1) is 17.4. The molecule has 2 rings (SSSR count). The standard InChI is InChI=1S/C18H22BrNOS/c1-5-12(13-6-8-14(19)9-7-13)10-15(21)16-11-20-17(22-16)18(2,3)4/h6-9,11-12H,5,10H2,1-4H3. The van der Waals surface area contributed by atoms with Gasteiger partial charge < -0.3 is 0 Å². The Labute approximate surface area is 145 Å². The quantitative estimate of drug-likeness (QED) is 0.598. The van der Waals surface area contributed by atoms with Gasteiger partial charge in [0.25, 0.3) is 0 Å². The first-order chi connectivity index (χ1) is 10.3. The third kappa shape index (κ3) is 4.26. The Bertz CT molecular complexity index is 640. The van der Waals surface area contributed by atoms with Crippen LogP contribution in [0.2, 0.25) is 0 Å².